The second kappa shape index (κ2) is 7.27. The van der Waals surface area contributed by atoms with Gasteiger partial charge in [0.2, 0.25) is 0 Å². The van der Waals surface area contributed by atoms with Crippen molar-refractivity contribution in [2.24, 2.45) is 5.92 Å². The van der Waals surface area contributed by atoms with Gasteiger partial charge in [0.05, 0.1) is 5.56 Å². The molecule has 1 fully saturated rings. The number of rotatable bonds is 3. The Kier molecular flexibility index (Phi) is 5.96. The molecule has 1 saturated carbocycles. The van der Waals surface area contributed by atoms with Crippen molar-refractivity contribution in [3.05, 3.63) is 32.4 Å². The molecule has 0 heterocycles. The molecule has 0 spiro atoms. The summed E-state index contributed by atoms with van der Waals surface area (Å²) in [4.78, 5) is 12.7. The van der Waals surface area contributed by atoms with E-state index in [1.54, 1.807) is 12.1 Å². The van der Waals surface area contributed by atoms with Gasteiger partial charge < -0.3 is 5.32 Å². The Morgan fingerprint density at radius 2 is 2.16 bits per heavy atom. The van der Waals surface area contributed by atoms with Crippen molar-refractivity contribution >= 4 is 56.0 Å². The highest BCUT2D eigenvalue weighted by Gasteiger charge is 2.23. The van der Waals surface area contributed by atoms with Crippen molar-refractivity contribution in [3.8, 4) is 0 Å². The van der Waals surface area contributed by atoms with Gasteiger partial charge in [-0.25, -0.2) is 0 Å². The van der Waals surface area contributed by atoms with Gasteiger partial charge >= 0.3 is 0 Å². The molecule has 0 aliphatic heterocycles. The van der Waals surface area contributed by atoms with Crippen molar-refractivity contribution in [1.29, 1.82) is 0 Å². The van der Waals surface area contributed by atoms with E-state index in [0.29, 0.717) is 21.3 Å². The summed E-state index contributed by atoms with van der Waals surface area (Å²) in [5.41, 5.74) is 0.662. The predicted molar refractivity (Wildman–Crippen MR) is 91.2 cm³/mol. The maximum Gasteiger partial charge on any atom is 0.252 e. The number of nitrogens with one attached hydrogen (secondary N) is 1. The SMILES string of the molecule is O=C(NCC1CCCCC1Br)c1cc(Cl)ccc1I. The number of hydrogen-bond donors (Lipinski definition) is 1. The van der Waals surface area contributed by atoms with Crippen molar-refractivity contribution in [2.75, 3.05) is 6.54 Å². The first-order valence-corrected chi connectivity index (χ1v) is 8.82. The molecule has 2 unspecified atom stereocenters. The first kappa shape index (κ1) is 15.6. The van der Waals surface area contributed by atoms with E-state index < -0.39 is 0 Å². The maximum absolute atomic E-state index is 12.2. The lowest BCUT2D eigenvalue weighted by atomic mass is 9.89. The molecule has 1 aromatic carbocycles. The van der Waals surface area contributed by atoms with E-state index in [0.717, 1.165) is 10.1 Å². The topological polar surface area (TPSA) is 29.1 Å². The zero-order valence-electron chi connectivity index (χ0n) is 10.5. The molecule has 0 saturated heterocycles. The molecule has 0 radical (unpaired) electrons. The molecule has 1 aliphatic rings. The third kappa shape index (κ3) is 4.33. The van der Waals surface area contributed by atoms with Gasteiger partial charge in [-0.15, -0.1) is 0 Å². The molecule has 5 heteroatoms. The first-order chi connectivity index (χ1) is 9.08. The molecule has 1 aliphatic carbocycles. The molecule has 0 bridgehead atoms. The van der Waals surface area contributed by atoms with E-state index in [2.05, 4.69) is 43.8 Å². The summed E-state index contributed by atoms with van der Waals surface area (Å²) in [5, 5.41) is 3.63. The third-order valence-corrected chi connectivity index (χ3v) is 5.90. The van der Waals surface area contributed by atoms with Crippen LogP contribution in [0.25, 0.3) is 0 Å². The van der Waals surface area contributed by atoms with Gasteiger partial charge in [-0.3, -0.25) is 4.79 Å². The molecule has 0 aromatic heterocycles. The Morgan fingerprint density at radius 3 is 2.89 bits per heavy atom. The van der Waals surface area contributed by atoms with E-state index in [9.17, 15) is 4.79 Å². The molecule has 2 atom stereocenters. The minimum atomic E-state index is -0.0304. The summed E-state index contributed by atoms with van der Waals surface area (Å²) in [6.07, 6.45) is 4.93. The number of benzene rings is 1. The molecular formula is C14H16BrClINO. The van der Waals surface area contributed by atoms with Gasteiger partial charge in [0.25, 0.3) is 5.91 Å². The summed E-state index contributed by atoms with van der Waals surface area (Å²) < 4.78 is 0.929. The number of carbonyl (C=O) groups is 1. The number of halogens is 3. The molecule has 1 aromatic rings. The largest absolute Gasteiger partial charge is 0.352 e. The Labute approximate surface area is 140 Å². The summed E-state index contributed by atoms with van der Waals surface area (Å²) in [6.45, 7) is 0.733. The Bertz CT molecular complexity index is 469. The van der Waals surface area contributed by atoms with E-state index >= 15 is 0 Å². The van der Waals surface area contributed by atoms with Crippen LogP contribution in [-0.4, -0.2) is 17.3 Å². The van der Waals surface area contributed by atoms with Gasteiger partial charge in [0.15, 0.2) is 0 Å². The van der Waals surface area contributed by atoms with Crippen molar-refractivity contribution < 1.29 is 4.79 Å². The van der Waals surface area contributed by atoms with E-state index in [-0.39, 0.29) is 5.91 Å². The summed E-state index contributed by atoms with van der Waals surface area (Å²) in [7, 11) is 0. The fourth-order valence-electron chi connectivity index (χ4n) is 2.38. The summed E-state index contributed by atoms with van der Waals surface area (Å²) in [6, 6.07) is 5.40. The average Bonchev–Trinajstić information content (AvgIpc) is 2.40. The number of alkyl halides is 1. The quantitative estimate of drug-likeness (QED) is 0.522. The second-order valence-electron chi connectivity index (χ2n) is 4.89. The molecular weight excluding hydrogens is 440 g/mol. The van der Waals surface area contributed by atoms with Crippen molar-refractivity contribution in [2.45, 2.75) is 30.5 Å². The Hall–Kier alpha value is 0.190. The normalized spacial score (nSPS) is 23.1. The highest BCUT2D eigenvalue weighted by Crippen LogP contribution is 2.29. The summed E-state index contributed by atoms with van der Waals surface area (Å²) >= 11 is 11.8. The van der Waals surface area contributed by atoms with Crippen LogP contribution in [0.15, 0.2) is 18.2 Å². The Morgan fingerprint density at radius 1 is 1.42 bits per heavy atom. The number of amides is 1. The smallest absolute Gasteiger partial charge is 0.252 e. The molecule has 104 valence electrons. The second-order valence-corrected chi connectivity index (χ2v) is 7.67. The van der Waals surface area contributed by atoms with Gasteiger partial charge in [0, 0.05) is 20.0 Å². The fraction of sp³-hybridized carbons (Fsp3) is 0.500. The van der Waals surface area contributed by atoms with Crippen LogP contribution < -0.4 is 5.32 Å². The molecule has 2 rings (SSSR count). The fourth-order valence-corrected chi connectivity index (χ4v) is 3.91. The molecule has 1 N–H and O–H groups in total. The zero-order chi connectivity index (χ0) is 13.8. The van der Waals surface area contributed by atoms with Gasteiger partial charge in [-0.1, -0.05) is 40.4 Å². The monoisotopic (exact) mass is 455 g/mol. The minimum Gasteiger partial charge on any atom is -0.352 e. The highest BCUT2D eigenvalue weighted by molar-refractivity contribution is 14.1. The van der Waals surface area contributed by atoms with Gasteiger partial charge in [-0.2, -0.15) is 0 Å². The van der Waals surface area contributed by atoms with Crippen LogP contribution in [0.4, 0.5) is 0 Å². The van der Waals surface area contributed by atoms with Crippen LogP contribution in [0.5, 0.6) is 0 Å². The van der Waals surface area contributed by atoms with Crippen molar-refractivity contribution in [3.63, 3.8) is 0 Å². The van der Waals surface area contributed by atoms with Crippen LogP contribution in [0.2, 0.25) is 5.02 Å². The molecule has 19 heavy (non-hydrogen) atoms. The lowest BCUT2D eigenvalue weighted by Gasteiger charge is -2.27. The van der Waals surface area contributed by atoms with Crippen LogP contribution in [0.1, 0.15) is 36.0 Å². The first-order valence-electron chi connectivity index (χ1n) is 6.45. The predicted octanol–water partition coefficient (Wildman–Crippen LogP) is 4.63. The summed E-state index contributed by atoms with van der Waals surface area (Å²) in [5.74, 6) is 0.506. The Balaban J connectivity index is 1.95. The number of carbonyl (C=O) groups excluding carboxylic acids is 1. The van der Waals surface area contributed by atoms with Crippen LogP contribution in [0, 0.1) is 9.49 Å². The average molecular weight is 457 g/mol. The molecule has 2 nitrogen and oxygen atoms in total. The minimum absolute atomic E-state index is 0.0304. The zero-order valence-corrected chi connectivity index (χ0v) is 15.0. The van der Waals surface area contributed by atoms with E-state index in [1.165, 1.54) is 25.7 Å². The molecule has 1 amide bonds. The standard InChI is InChI=1S/C14H16BrClINO/c15-12-4-2-1-3-9(12)8-18-14(19)11-7-10(16)5-6-13(11)17/h5-7,9,12H,1-4,8H2,(H,18,19). The van der Waals surface area contributed by atoms with E-state index in [1.807, 2.05) is 6.07 Å². The number of hydrogen-bond acceptors (Lipinski definition) is 1. The van der Waals surface area contributed by atoms with Crippen LogP contribution in [0.3, 0.4) is 0 Å². The maximum atomic E-state index is 12.2. The van der Waals surface area contributed by atoms with Crippen molar-refractivity contribution in [1.82, 2.24) is 5.32 Å². The van der Waals surface area contributed by atoms with Crippen LogP contribution in [-0.2, 0) is 0 Å². The lowest BCUT2D eigenvalue weighted by molar-refractivity contribution is 0.0943. The van der Waals surface area contributed by atoms with Crippen LogP contribution >= 0.6 is 50.1 Å². The lowest BCUT2D eigenvalue weighted by Crippen LogP contribution is -2.34. The van der Waals surface area contributed by atoms with E-state index in [4.69, 9.17) is 11.6 Å². The highest BCUT2D eigenvalue weighted by atomic mass is 127. The third-order valence-electron chi connectivity index (χ3n) is 3.51. The van der Waals surface area contributed by atoms with Gasteiger partial charge in [-0.05, 0) is 59.5 Å². The van der Waals surface area contributed by atoms with Gasteiger partial charge in [0.1, 0.15) is 0 Å².